The SMILES string of the molecule is CCCNC(c1cc(C)nc(C)c1)c1ccnn1CCC. The standard InChI is InChI=1S/C17H26N4/c1-5-8-18-17(15-11-13(3)20-14(4)12-15)16-7-9-19-21(16)10-6-2/h7,9,11-12,17-18H,5-6,8,10H2,1-4H3. The van der Waals surface area contributed by atoms with E-state index in [-0.39, 0.29) is 6.04 Å². The third-order valence-corrected chi connectivity index (χ3v) is 3.52. The largest absolute Gasteiger partial charge is 0.305 e. The summed E-state index contributed by atoms with van der Waals surface area (Å²) >= 11 is 0. The van der Waals surface area contributed by atoms with Gasteiger partial charge in [0, 0.05) is 24.1 Å². The second-order valence-electron chi connectivity index (χ2n) is 5.55. The average Bonchev–Trinajstić information content (AvgIpc) is 2.87. The van der Waals surface area contributed by atoms with Gasteiger partial charge in [0.2, 0.25) is 0 Å². The number of pyridine rings is 1. The molecule has 0 fully saturated rings. The average molecular weight is 286 g/mol. The Kier molecular flexibility index (Phi) is 5.51. The van der Waals surface area contributed by atoms with Crippen LogP contribution in [-0.2, 0) is 6.54 Å². The zero-order chi connectivity index (χ0) is 15.2. The van der Waals surface area contributed by atoms with Crippen LogP contribution < -0.4 is 5.32 Å². The maximum atomic E-state index is 4.49. The third kappa shape index (κ3) is 3.91. The molecule has 0 saturated carbocycles. The lowest BCUT2D eigenvalue weighted by atomic mass is 10.0. The Balaban J connectivity index is 2.39. The van der Waals surface area contributed by atoms with E-state index in [4.69, 9.17) is 0 Å². The molecule has 114 valence electrons. The Morgan fingerprint density at radius 1 is 1.14 bits per heavy atom. The Bertz CT molecular complexity index is 554. The lowest BCUT2D eigenvalue weighted by molar-refractivity contribution is 0.511. The van der Waals surface area contributed by atoms with Crippen molar-refractivity contribution in [1.82, 2.24) is 20.1 Å². The van der Waals surface area contributed by atoms with Gasteiger partial charge in [-0.15, -0.1) is 0 Å². The zero-order valence-corrected chi connectivity index (χ0v) is 13.6. The van der Waals surface area contributed by atoms with Gasteiger partial charge in [0.25, 0.3) is 0 Å². The van der Waals surface area contributed by atoms with Gasteiger partial charge in [0.15, 0.2) is 0 Å². The molecule has 0 aliphatic carbocycles. The molecule has 21 heavy (non-hydrogen) atoms. The highest BCUT2D eigenvalue weighted by Gasteiger charge is 2.18. The van der Waals surface area contributed by atoms with Gasteiger partial charge in [-0.1, -0.05) is 13.8 Å². The van der Waals surface area contributed by atoms with Crippen LogP contribution in [0, 0.1) is 13.8 Å². The first kappa shape index (κ1) is 15.7. The lowest BCUT2D eigenvalue weighted by Gasteiger charge is -2.21. The van der Waals surface area contributed by atoms with Crippen molar-refractivity contribution in [2.75, 3.05) is 6.54 Å². The predicted molar refractivity (Wildman–Crippen MR) is 86.4 cm³/mol. The fraction of sp³-hybridized carbons (Fsp3) is 0.529. The summed E-state index contributed by atoms with van der Waals surface area (Å²) in [5.41, 5.74) is 4.63. The monoisotopic (exact) mass is 286 g/mol. The first-order chi connectivity index (χ1) is 10.2. The van der Waals surface area contributed by atoms with Crippen molar-refractivity contribution in [3.8, 4) is 0 Å². The molecule has 4 heteroatoms. The molecule has 0 radical (unpaired) electrons. The summed E-state index contributed by atoms with van der Waals surface area (Å²) in [7, 11) is 0. The van der Waals surface area contributed by atoms with E-state index in [1.807, 2.05) is 6.20 Å². The van der Waals surface area contributed by atoms with Crippen LogP contribution in [0.15, 0.2) is 24.4 Å². The van der Waals surface area contributed by atoms with Gasteiger partial charge in [0.05, 0.1) is 11.7 Å². The summed E-state index contributed by atoms with van der Waals surface area (Å²) in [6, 6.07) is 6.64. The van der Waals surface area contributed by atoms with E-state index in [0.29, 0.717) is 0 Å². The summed E-state index contributed by atoms with van der Waals surface area (Å²) in [6.45, 7) is 10.4. The molecule has 0 aliphatic heterocycles. The molecule has 2 aromatic rings. The summed E-state index contributed by atoms with van der Waals surface area (Å²) in [5.74, 6) is 0. The van der Waals surface area contributed by atoms with Gasteiger partial charge < -0.3 is 5.32 Å². The van der Waals surface area contributed by atoms with Crippen LogP contribution in [0.1, 0.15) is 55.4 Å². The van der Waals surface area contributed by atoms with Gasteiger partial charge >= 0.3 is 0 Å². The molecule has 1 unspecified atom stereocenters. The molecular weight excluding hydrogens is 260 g/mol. The molecule has 0 saturated heterocycles. The second-order valence-corrected chi connectivity index (χ2v) is 5.55. The van der Waals surface area contributed by atoms with Gasteiger partial charge in [-0.3, -0.25) is 9.67 Å². The second kappa shape index (κ2) is 7.36. The van der Waals surface area contributed by atoms with Gasteiger partial charge in [-0.25, -0.2) is 0 Å². The Morgan fingerprint density at radius 2 is 1.86 bits per heavy atom. The van der Waals surface area contributed by atoms with E-state index in [0.717, 1.165) is 37.3 Å². The number of nitrogens with one attached hydrogen (secondary N) is 1. The van der Waals surface area contributed by atoms with Crippen LogP contribution in [0.3, 0.4) is 0 Å². The fourth-order valence-electron chi connectivity index (χ4n) is 2.70. The quantitative estimate of drug-likeness (QED) is 0.848. The molecule has 0 bridgehead atoms. The van der Waals surface area contributed by atoms with Crippen LogP contribution in [0.2, 0.25) is 0 Å². The Labute approximate surface area is 127 Å². The summed E-state index contributed by atoms with van der Waals surface area (Å²) in [5, 5.41) is 8.12. The van der Waals surface area contributed by atoms with Crippen molar-refractivity contribution in [2.45, 2.75) is 53.1 Å². The van der Waals surface area contributed by atoms with Crippen molar-refractivity contribution >= 4 is 0 Å². The van der Waals surface area contributed by atoms with Crippen molar-refractivity contribution in [1.29, 1.82) is 0 Å². The van der Waals surface area contributed by atoms with Crippen molar-refractivity contribution in [3.05, 3.63) is 47.0 Å². The first-order valence-corrected chi connectivity index (χ1v) is 7.86. The smallest absolute Gasteiger partial charge is 0.0749 e. The topological polar surface area (TPSA) is 42.7 Å². The number of rotatable bonds is 7. The summed E-state index contributed by atoms with van der Waals surface area (Å²) < 4.78 is 2.11. The van der Waals surface area contributed by atoms with E-state index in [9.17, 15) is 0 Å². The zero-order valence-electron chi connectivity index (χ0n) is 13.6. The maximum Gasteiger partial charge on any atom is 0.0749 e. The molecule has 1 atom stereocenters. The normalized spacial score (nSPS) is 12.6. The molecule has 2 aromatic heterocycles. The highest BCUT2D eigenvalue weighted by Crippen LogP contribution is 2.23. The molecule has 2 rings (SSSR count). The van der Waals surface area contributed by atoms with Gasteiger partial charge in [-0.05, 0) is 57.0 Å². The minimum Gasteiger partial charge on any atom is -0.305 e. The van der Waals surface area contributed by atoms with E-state index >= 15 is 0 Å². The van der Waals surface area contributed by atoms with Crippen LogP contribution in [0.5, 0.6) is 0 Å². The van der Waals surface area contributed by atoms with Crippen molar-refractivity contribution in [3.63, 3.8) is 0 Å². The van der Waals surface area contributed by atoms with Gasteiger partial charge in [-0.2, -0.15) is 5.10 Å². The summed E-state index contributed by atoms with van der Waals surface area (Å²) in [6.07, 6.45) is 4.09. The highest BCUT2D eigenvalue weighted by molar-refractivity contribution is 5.30. The predicted octanol–water partition coefficient (Wildman–Crippen LogP) is 3.39. The van der Waals surface area contributed by atoms with Crippen molar-refractivity contribution in [2.24, 2.45) is 0 Å². The Morgan fingerprint density at radius 3 is 2.48 bits per heavy atom. The number of hydrogen-bond donors (Lipinski definition) is 1. The molecule has 0 spiro atoms. The number of aryl methyl sites for hydroxylation is 3. The van der Waals surface area contributed by atoms with Crippen LogP contribution >= 0.6 is 0 Å². The molecular formula is C17H26N4. The van der Waals surface area contributed by atoms with E-state index in [1.54, 1.807) is 0 Å². The number of aromatic nitrogens is 3. The van der Waals surface area contributed by atoms with Crippen LogP contribution in [-0.4, -0.2) is 21.3 Å². The minimum absolute atomic E-state index is 0.180. The molecule has 0 amide bonds. The van der Waals surface area contributed by atoms with Crippen LogP contribution in [0.25, 0.3) is 0 Å². The molecule has 0 aliphatic rings. The van der Waals surface area contributed by atoms with E-state index in [2.05, 4.69) is 66.0 Å². The maximum absolute atomic E-state index is 4.49. The fourth-order valence-corrected chi connectivity index (χ4v) is 2.70. The van der Waals surface area contributed by atoms with Crippen LogP contribution in [0.4, 0.5) is 0 Å². The number of nitrogens with zero attached hydrogens (tertiary/aromatic N) is 3. The van der Waals surface area contributed by atoms with Crippen molar-refractivity contribution < 1.29 is 0 Å². The third-order valence-electron chi connectivity index (χ3n) is 3.52. The number of hydrogen-bond acceptors (Lipinski definition) is 3. The molecule has 2 heterocycles. The molecule has 0 aromatic carbocycles. The minimum atomic E-state index is 0.180. The molecule has 4 nitrogen and oxygen atoms in total. The van der Waals surface area contributed by atoms with E-state index in [1.165, 1.54) is 11.3 Å². The Hall–Kier alpha value is -1.68. The summed E-state index contributed by atoms with van der Waals surface area (Å²) in [4.78, 5) is 4.49. The molecule has 1 N–H and O–H groups in total. The van der Waals surface area contributed by atoms with Gasteiger partial charge in [0.1, 0.15) is 0 Å². The first-order valence-electron chi connectivity index (χ1n) is 7.86. The van der Waals surface area contributed by atoms with E-state index < -0.39 is 0 Å². The lowest BCUT2D eigenvalue weighted by Crippen LogP contribution is -2.26. The highest BCUT2D eigenvalue weighted by atomic mass is 15.3.